The summed E-state index contributed by atoms with van der Waals surface area (Å²) < 4.78 is 28.2. The molecule has 5 heterocycles. The first-order valence-electron chi connectivity index (χ1n) is 15.0. The van der Waals surface area contributed by atoms with E-state index in [-0.39, 0.29) is 0 Å². The van der Waals surface area contributed by atoms with Crippen LogP contribution in [0.25, 0.3) is 76.9 Å². The molecule has 0 fully saturated rings. The van der Waals surface area contributed by atoms with Gasteiger partial charge >= 0.3 is 0 Å². The van der Waals surface area contributed by atoms with E-state index in [0.717, 1.165) is 71.3 Å². The maximum atomic E-state index is 17.4. The van der Waals surface area contributed by atoms with Crippen molar-refractivity contribution in [1.82, 2.24) is 18.9 Å². The van der Waals surface area contributed by atoms with E-state index in [2.05, 4.69) is 43.2 Å². The van der Waals surface area contributed by atoms with E-state index in [1.165, 1.54) is 0 Å². The Hall–Kier alpha value is -6.01. The third kappa shape index (κ3) is 3.31. The Kier molecular flexibility index (Phi) is 4.89. The van der Waals surface area contributed by atoms with Crippen molar-refractivity contribution in [1.29, 1.82) is 0 Å². The van der Waals surface area contributed by atoms with Gasteiger partial charge < -0.3 is 4.42 Å². The molecule has 0 saturated heterocycles. The number of rotatable bonds is 3. The smallest absolute Gasteiger partial charge is 0.151 e. The van der Waals surface area contributed by atoms with Gasteiger partial charge in [-0.1, -0.05) is 72.8 Å². The van der Waals surface area contributed by atoms with Gasteiger partial charge in [0.1, 0.15) is 22.6 Å². The van der Waals surface area contributed by atoms with Crippen molar-refractivity contribution in [3.05, 3.63) is 145 Å². The summed E-state index contributed by atoms with van der Waals surface area (Å²) in [6.07, 6.45) is 4.11. The number of alkyl halides is 1. The maximum absolute atomic E-state index is 17.4. The second-order valence-electron chi connectivity index (χ2n) is 11.5. The second kappa shape index (κ2) is 9.00. The van der Waals surface area contributed by atoms with Crippen LogP contribution in [0.2, 0.25) is 0 Å². The number of benzene rings is 5. The van der Waals surface area contributed by atoms with E-state index in [9.17, 15) is 0 Å². The van der Waals surface area contributed by atoms with Crippen LogP contribution < -0.4 is 0 Å². The Balaban J connectivity index is 1.31. The van der Waals surface area contributed by atoms with Gasteiger partial charge in [0.2, 0.25) is 0 Å². The lowest BCUT2D eigenvalue weighted by atomic mass is 9.94. The highest BCUT2D eigenvalue weighted by Gasteiger charge is 2.26. The highest BCUT2D eigenvalue weighted by atomic mass is 19.1. The topological polar surface area (TPSA) is 48.3 Å². The maximum Gasteiger partial charge on any atom is 0.151 e. The minimum Gasteiger partial charge on any atom is -0.455 e. The molecule has 1 unspecified atom stereocenters. The van der Waals surface area contributed by atoms with Crippen LogP contribution in [0.5, 0.6) is 0 Å². The molecule has 6 heteroatoms. The van der Waals surface area contributed by atoms with Gasteiger partial charge in [-0.25, -0.2) is 14.4 Å². The molecule has 0 radical (unpaired) electrons. The summed E-state index contributed by atoms with van der Waals surface area (Å²) in [6.45, 7) is 0. The third-order valence-corrected chi connectivity index (χ3v) is 9.14. The van der Waals surface area contributed by atoms with Gasteiger partial charge in [0.25, 0.3) is 0 Å². The molecule has 1 atom stereocenters. The fourth-order valence-corrected chi connectivity index (χ4v) is 7.22. The number of aromatic nitrogens is 4. The molecular formula is C39H23FN4O. The average Bonchev–Trinajstić information content (AvgIpc) is 3.82. The van der Waals surface area contributed by atoms with Gasteiger partial charge in [-0.3, -0.25) is 8.97 Å². The SMILES string of the molecule is FC(c1ccc2c3ccccc3n3ccnc3c2c1)c1cc2c(c3ccccc3n2-c2ccccn2)c2oc3ccccc3c12. The molecule has 212 valence electrons. The van der Waals surface area contributed by atoms with Gasteiger partial charge in [-0.05, 0) is 53.4 Å². The molecule has 0 aliphatic heterocycles. The molecule has 0 bridgehead atoms. The molecule has 0 aliphatic carbocycles. The number of hydrogen-bond donors (Lipinski definition) is 0. The molecule has 10 aromatic rings. The van der Waals surface area contributed by atoms with E-state index in [1.54, 1.807) is 12.4 Å². The first-order chi connectivity index (χ1) is 22.3. The number of para-hydroxylation sites is 3. The van der Waals surface area contributed by atoms with Crippen LogP contribution in [0.4, 0.5) is 4.39 Å². The fourth-order valence-electron chi connectivity index (χ4n) is 7.22. The quantitative estimate of drug-likeness (QED) is 0.195. The van der Waals surface area contributed by atoms with Gasteiger partial charge in [-0.2, -0.15) is 0 Å². The lowest BCUT2D eigenvalue weighted by molar-refractivity contribution is 0.405. The number of nitrogens with zero attached hydrogens (tertiary/aromatic N) is 4. The second-order valence-corrected chi connectivity index (χ2v) is 11.5. The third-order valence-electron chi connectivity index (χ3n) is 9.14. The zero-order valence-corrected chi connectivity index (χ0v) is 23.9. The van der Waals surface area contributed by atoms with Crippen molar-refractivity contribution < 1.29 is 8.81 Å². The summed E-state index contributed by atoms with van der Waals surface area (Å²) in [5.74, 6) is 0.764. The molecule has 5 nitrogen and oxygen atoms in total. The number of halogens is 1. The number of hydrogen-bond acceptors (Lipinski definition) is 3. The monoisotopic (exact) mass is 582 g/mol. The molecule has 5 aromatic heterocycles. The van der Waals surface area contributed by atoms with Crippen LogP contribution in [0, 0.1) is 0 Å². The fraction of sp³-hybridized carbons (Fsp3) is 0.0256. The zero-order valence-electron chi connectivity index (χ0n) is 23.9. The van der Waals surface area contributed by atoms with E-state index >= 15 is 4.39 Å². The van der Waals surface area contributed by atoms with E-state index in [0.29, 0.717) is 16.7 Å². The summed E-state index contributed by atoms with van der Waals surface area (Å²) in [7, 11) is 0. The number of furan rings is 1. The largest absolute Gasteiger partial charge is 0.455 e. The van der Waals surface area contributed by atoms with Crippen molar-refractivity contribution in [3.8, 4) is 5.82 Å². The van der Waals surface area contributed by atoms with E-state index in [4.69, 9.17) is 4.42 Å². The standard InChI is InChI=1S/C39H23FN4O/c40-37(23-16-17-24-25-9-1-4-12-30(25)43-20-19-42-39(43)28(24)21-23)29-22-32-36(38-35(29)27-11-3-6-14-33(27)45-38)26-10-2-5-13-31(26)44(32)34-15-7-8-18-41-34/h1-22,37H. The molecule has 5 aromatic carbocycles. The van der Waals surface area contributed by atoms with Gasteiger partial charge in [-0.15, -0.1) is 0 Å². The van der Waals surface area contributed by atoms with Gasteiger partial charge in [0.05, 0.1) is 21.9 Å². The average molecular weight is 583 g/mol. The minimum absolute atomic E-state index is 0.557. The predicted molar refractivity (Wildman–Crippen MR) is 179 cm³/mol. The van der Waals surface area contributed by atoms with E-state index in [1.807, 2.05) is 97.2 Å². The normalized spacial score (nSPS) is 12.9. The van der Waals surface area contributed by atoms with Crippen molar-refractivity contribution >= 4 is 71.1 Å². The summed E-state index contributed by atoms with van der Waals surface area (Å²) in [4.78, 5) is 9.37. The van der Waals surface area contributed by atoms with Crippen molar-refractivity contribution in [2.24, 2.45) is 0 Å². The molecular weight excluding hydrogens is 559 g/mol. The van der Waals surface area contributed by atoms with Gasteiger partial charge in [0, 0.05) is 51.1 Å². The van der Waals surface area contributed by atoms with Crippen LogP contribution in [0.3, 0.4) is 0 Å². The van der Waals surface area contributed by atoms with Crippen LogP contribution in [0.1, 0.15) is 17.3 Å². The summed E-state index contributed by atoms with van der Waals surface area (Å²) >= 11 is 0. The minimum atomic E-state index is -1.43. The van der Waals surface area contributed by atoms with Gasteiger partial charge in [0.15, 0.2) is 6.17 Å². The molecule has 0 saturated carbocycles. The summed E-state index contributed by atoms with van der Waals surface area (Å²) in [5, 5.41) is 6.72. The first-order valence-corrected chi connectivity index (χ1v) is 15.0. The number of pyridine rings is 2. The van der Waals surface area contributed by atoms with Crippen molar-refractivity contribution in [2.45, 2.75) is 6.17 Å². The Morgan fingerprint density at radius 1 is 0.600 bits per heavy atom. The zero-order chi connectivity index (χ0) is 29.6. The Morgan fingerprint density at radius 2 is 1.38 bits per heavy atom. The van der Waals surface area contributed by atoms with Crippen LogP contribution in [-0.2, 0) is 0 Å². The van der Waals surface area contributed by atoms with Crippen LogP contribution in [0.15, 0.2) is 138 Å². The van der Waals surface area contributed by atoms with E-state index < -0.39 is 6.17 Å². The number of imidazole rings is 1. The van der Waals surface area contributed by atoms with Crippen molar-refractivity contribution in [2.75, 3.05) is 0 Å². The lowest BCUT2D eigenvalue weighted by Crippen LogP contribution is -2.00. The molecule has 0 amide bonds. The first kappa shape index (κ1) is 24.4. The number of fused-ring (bicyclic) bond motifs is 13. The molecule has 0 aliphatic rings. The molecule has 0 spiro atoms. The predicted octanol–water partition coefficient (Wildman–Crippen LogP) is 10.1. The molecule has 45 heavy (non-hydrogen) atoms. The molecule has 10 rings (SSSR count). The Morgan fingerprint density at radius 3 is 2.24 bits per heavy atom. The molecule has 0 N–H and O–H groups in total. The lowest BCUT2D eigenvalue weighted by Gasteiger charge is -2.15. The summed E-state index contributed by atoms with van der Waals surface area (Å²) in [6, 6.07) is 38.1. The Bertz CT molecular complexity index is 2790. The highest BCUT2D eigenvalue weighted by Crippen LogP contribution is 2.46. The Labute approximate surface area is 255 Å². The van der Waals surface area contributed by atoms with Crippen LogP contribution >= 0.6 is 0 Å². The highest BCUT2D eigenvalue weighted by molar-refractivity contribution is 6.25. The summed E-state index contributed by atoms with van der Waals surface area (Å²) in [5.41, 5.74) is 6.24. The van der Waals surface area contributed by atoms with Crippen LogP contribution in [-0.4, -0.2) is 18.9 Å². The van der Waals surface area contributed by atoms with Crippen molar-refractivity contribution in [3.63, 3.8) is 0 Å².